The molecule has 9 heteroatoms. The van der Waals surface area contributed by atoms with Gasteiger partial charge in [0.25, 0.3) is 0 Å². The molecule has 0 unspecified atom stereocenters. The molecule has 2 aromatic rings. The maximum atomic E-state index is 12.2. The minimum absolute atomic E-state index is 0.260. The summed E-state index contributed by atoms with van der Waals surface area (Å²) in [6.07, 6.45) is -1.12. The second-order valence-electron chi connectivity index (χ2n) is 6.12. The van der Waals surface area contributed by atoms with Crippen LogP contribution in [0, 0.1) is 0 Å². The van der Waals surface area contributed by atoms with Crippen LogP contribution in [0.3, 0.4) is 0 Å². The first kappa shape index (κ1) is 19.4. The Balaban J connectivity index is 1.46. The smallest absolute Gasteiger partial charge is 0.406 e. The zero-order valence-electron chi connectivity index (χ0n) is 14.4. The second-order valence-corrected chi connectivity index (χ2v) is 6.51. The van der Waals surface area contributed by atoms with Gasteiger partial charge in [-0.05, 0) is 54.2 Å². The quantitative estimate of drug-likeness (QED) is 0.798. The number of pyridine rings is 1. The summed E-state index contributed by atoms with van der Waals surface area (Å²) in [6.45, 7) is 4.20. The lowest BCUT2D eigenvalue weighted by molar-refractivity contribution is -0.274. The highest BCUT2D eigenvalue weighted by Crippen LogP contribution is 2.24. The average molecular weight is 396 g/mol. The number of aromatic nitrogens is 1. The standard InChI is InChI=1S/C18H19F3N4OS/c19-18(20,21)26-16-3-1-15(2-4-16)23-17(27)25-11-9-24(10-12-25)13-14-5-7-22-8-6-14/h1-8H,9-13H2,(H,23,27). The highest BCUT2D eigenvalue weighted by Gasteiger charge is 2.31. The van der Waals surface area contributed by atoms with Crippen LogP contribution in [-0.2, 0) is 6.54 Å². The molecule has 0 spiro atoms. The number of halogens is 3. The second kappa shape index (κ2) is 8.53. The molecule has 0 radical (unpaired) electrons. The van der Waals surface area contributed by atoms with Gasteiger partial charge >= 0.3 is 6.36 Å². The number of piperazine rings is 1. The van der Waals surface area contributed by atoms with Crippen molar-refractivity contribution in [2.75, 3.05) is 31.5 Å². The van der Waals surface area contributed by atoms with Gasteiger partial charge in [0, 0.05) is 50.8 Å². The molecule has 0 aliphatic carbocycles. The molecule has 0 atom stereocenters. The third-order valence-electron chi connectivity index (χ3n) is 4.15. The molecule has 1 aromatic heterocycles. The van der Waals surface area contributed by atoms with E-state index in [1.807, 2.05) is 12.1 Å². The summed E-state index contributed by atoms with van der Waals surface area (Å²) in [5, 5.41) is 3.62. The lowest BCUT2D eigenvalue weighted by atomic mass is 10.2. The Kier molecular flexibility index (Phi) is 6.12. The van der Waals surface area contributed by atoms with Gasteiger partial charge < -0.3 is 15.0 Å². The van der Waals surface area contributed by atoms with Crippen LogP contribution < -0.4 is 10.1 Å². The number of rotatable bonds is 4. The van der Waals surface area contributed by atoms with Gasteiger partial charge in [0.05, 0.1) is 0 Å². The van der Waals surface area contributed by atoms with Gasteiger partial charge in [-0.1, -0.05) is 0 Å². The molecule has 5 nitrogen and oxygen atoms in total. The summed E-state index contributed by atoms with van der Waals surface area (Å²) < 4.78 is 40.4. The van der Waals surface area contributed by atoms with Gasteiger partial charge in [-0.15, -0.1) is 13.2 Å². The molecule has 1 N–H and O–H groups in total. The van der Waals surface area contributed by atoms with Crippen molar-refractivity contribution < 1.29 is 17.9 Å². The van der Waals surface area contributed by atoms with Gasteiger partial charge in [-0.3, -0.25) is 9.88 Å². The number of benzene rings is 1. The van der Waals surface area contributed by atoms with Crippen molar-refractivity contribution in [2.45, 2.75) is 12.9 Å². The fourth-order valence-corrected chi connectivity index (χ4v) is 3.10. The number of ether oxygens (including phenoxy) is 1. The van der Waals surface area contributed by atoms with E-state index in [9.17, 15) is 13.2 Å². The van der Waals surface area contributed by atoms with Crippen LogP contribution in [0.5, 0.6) is 5.75 Å². The average Bonchev–Trinajstić information content (AvgIpc) is 2.63. The number of nitrogens with one attached hydrogen (secondary N) is 1. The monoisotopic (exact) mass is 396 g/mol. The van der Waals surface area contributed by atoms with E-state index < -0.39 is 6.36 Å². The van der Waals surface area contributed by atoms with Crippen molar-refractivity contribution in [3.05, 3.63) is 54.4 Å². The molecule has 1 aromatic carbocycles. The zero-order chi connectivity index (χ0) is 19.3. The van der Waals surface area contributed by atoms with Crippen molar-refractivity contribution >= 4 is 23.0 Å². The van der Waals surface area contributed by atoms with E-state index in [0.717, 1.165) is 32.7 Å². The van der Waals surface area contributed by atoms with Gasteiger partial charge in [0.15, 0.2) is 5.11 Å². The van der Waals surface area contributed by atoms with Crippen LogP contribution in [0.25, 0.3) is 0 Å². The normalized spacial score (nSPS) is 15.4. The van der Waals surface area contributed by atoms with Gasteiger partial charge in [-0.2, -0.15) is 0 Å². The predicted octanol–water partition coefficient (Wildman–Crippen LogP) is 3.49. The molecular weight excluding hydrogens is 377 g/mol. The maximum Gasteiger partial charge on any atom is 0.573 e. The Hall–Kier alpha value is -2.39. The Labute approximate surface area is 160 Å². The molecule has 0 bridgehead atoms. The summed E-state index contributed by atoms with van der Waals surface area (Å²) in [6, 6.07) is 9.53. The molecule has 1 aliphatic rings. The fraction of sp³-hybridized carbons (Fsp3) is 0.333. The summed E-state index contributed by atoms with van der Waals surface area (Å²) in [5.41, 5.74) is 1.84. The van der Waals surface area contributed by atoms with Gasteiger partial charge in [-0.25, -0.2) is 0 Å². The first-order valence-electron chi connectivity index (χ1n) is 8.42. The lowest BCUT2D eigenvalue weighted by Gasteiger charge is -2.36. The number of thiocarbonyl (C=S) groups is 1. The number of anilines is 1. The Bertz CT molecular complexity index is 747. The predicted molar refractivity (Wildman–Crippen MR) is 100 cm³/mol. The van der Waals surface area contributed by atoms with Crippen molar-refractivity contribution in [3.8, 4) is 5.75 Å². The highest BCUT2D eigenvalue weighted by molar-refractivity contribution is 7.80. The Morgan fingerprint density at radius 3 is 2.26 bits per heavy atom. The first-order valence-corrected chi connectivity index (χ1v) is 8.83. The van der Waals surface area contributed by atoms with Crippen LogP contribution >= 0.6 is 12.2 Å². The third-order valence-corrected chi connectivity index (χ3v) is 4.51. The topological polar surface area (TPSA) is 40.6 Å². The van der Waals surface area contributed by atoms with E-state index in [4.69, 9.17) is 12.2 Å². The summed E-state index contributed by atoms with van der Waals surface area (Å²) in [7, 11) is 0. The Morgan fingerprint density at radius 1 is 1.04 bits per heavy atom. The lowest BCUT2D eigenvalue weighted by Crippen LogP contribution is -2.49. The summed E-state index contributed by atoms with van der Waals surface area (Å²) in [4.78, 5) is 8.42. The van der Waals surface area contributed by atoms with E-state index in [0.29, 0.717) is 10.8 Å². The molecule has 0 saturated carbocycles. The fourth-order valence-electron chi connectivity index (χ4n) is 2.80. The van der Waals surface area contributed by atoms with E-state index in [-0.39, 0.29) is 5.75 Å². The van der Waals surface area contributed by atoms with Crippen molar-refractivity contribution in [1.82, 2.24) is 14.8 Å². The van der Waals surface area contributed by atoms with Crippen molar-refractivity contribution in [2.24, 2.45) is 0 Å². The molecule has 2 heterocycles. The molecule has 1 saturated heterocycles. The molecule has 0 amide bonds. The van der Waals surface area contributed by atoms with E-state index in [1.54, 1.807) is 12.4 Å². The molecule has 1 fully saturated rings. The van der Waals surface area contributed by atoms with E-state index in [2.05, 4.69) is 24.8 Å². The van der Waals surface area contributed by atoms with E-state index >= 15 is 0 Å². The molecule has 144 valence electrons. The highest BCUT2D eigenvalue weighted by atomic mass is 32.1. The van der Waals surface area contributed by atoms with Gasteiger partial charge in [0.1, 0.15) is 5.75 Å². The SMILES string of the molecule is FC(F)(F)Oc1ccc(NC(=S)N2CCN(Cc3ccncc3)CC2)cc1. The van der Waals surface area contributed by atoms with Crippen molar-refractivity contribution in [1.29, 1.82) is 0 Å². The first-order chi connectivity index (χ1) is 12.9. The molecule has 3 rings (SSSR count). The van der Waals surface area contributed by atoms with Gasteiger partial charge in [0.2, 0.25) is 0 Å². The van der Waals surface area contributed by atoms with Crippen LogP contribution in [0.1, 0.15) is 5.56 Å². The zero-order valence-corrected chi connectivity index (χ0v) is 15.3. The molecular formula is C18H19F3N4OS. The summed E-state index contributed by atoms with van der Waals surface area (Å²) >= 11 is 5.42. The van der Waals surface area contributed by atoms with Crippen LogP contribution in [0.15, 0.2) is 48.8 Å². The largest absolute Gasteiger partial charge is 0.573 e. The number of alkyl halides is 3. The van der Waals surface area contributed by atoms with Crippen molar-refractivity contribution in [3.63, 3.8) is 0 Å². The van der Waals surface area contributed by atoms with E-state index in [1.165, 1.54) is 29.8 Å². The van der Waals surface area contributed by atoms with Crippen LogP contribution in [0.2, 0.25) is 0 Å². The number of hydrogen-bond donors (Lipinski definition) is 1. The Morgan fingerprint density at radius 2 is 1.67 bits per heavy atom. The minimum atomic E-state index is -4.69. The maximum absolute atomic E-state index is 12.2. The number of nitrogens with zero attached hydrogens (tertiary/aromatic N) is 3. The van der Waals surface area contributed by atoms with Crippen LogP contribution in [0.4, 0.5) is 18.9 Å². The minimum Gasteiger partial charge on any atom is -0.406 e. The number of hydrogen-bond acceptors (Lipinski definition) is 4. The van der Waals surface area contributed by atoms with Crippen LogP contribution in [-0.4, -0.2) is 52.4 Å². The molecule has 1 aliphatic heterocycles. The molecule has 27 heavy (non-hydrogen) atoms. The summed E-state index contributed by atoms with van der Waals surface area (Å²) in [5.74, 6) is -0.260. The third kappa shape index (κ3) is 6.07.